The van der Waals surface area contributed by atoms with E-state index in [1.165, 1.54) is 0 Å². The highest BCUT2D eigenvalue weighted by atomic mass is 35.5. The molecule has 0 fully saturated rings. The molecule has 0 bridgehead atoms. The first-order valence-electron chi connectivity index (χ1n) is 5.49. The average Bonchev–Trinajstić information content (AvgIpc) is 2.37. The van der Waals surface area contributed by atoms with Crippen LogP contribution in [0.1, 0.15) is 5.56 Å². The van der Waals surface area contributed by atoms with Crippen LogP contribution in [-0.4, -0.2) is 17.3 Å². The summed E-state index contributed by atoms with van der Waals surface area (Å²) in [5.74, 6) is 0.0522. The molecule has 19 heavy (non-hydrogen) atoms. The van der Waals surface area contributed by atoms with Gasteiger partial charge in [0.2, 0.25) is 5.96 Å². The van der Waals surface area contributed by atoms with Crippen LogP contribution in [0.5, 0.6) is 5.75 Å². The van der Waals surface area contributed by atoms with Gasteiger partial charge in [0.25, 0.3) is 0 Å². The van der Waals surface area contributed by atoms with E-state index in [2.05, 4.69) is 10.5 Å². The number of aromatic hydroxyl groups is 1. The molecule has 0 aliphatic rings. The molecule has 5 N–H and O–H groups in total. The molecule has 0 aliphatic carbocycles. The Kier molecular flexibility index (Phi) is 5.14. The molecule has 0 heterocycles. The van der Waals surface area contributed by atoms with Gasteiger partial charge in [-0.2, -0.15) is 5.10 Å². The highest BCUT2D eigenvalue weighted by Crippen LogP contribution is 2.28. The van der Waals surface area contributed by atoms with Gasteiger partial charge in [-0.3, -0.25) is 5.41 Å². The maximum atomic E-state index is 10.1. The Hall–Kier alpha value is -2.27. The number of nitrogens with one attached hydrogen (secondary N) is 2. The van der Waals surface area contributed by atoms with Gasteiger partial charge in [-0.15, -0.1) is 12.4 Å². The van der Waals surface area contributed by atoms with Crippen molar-refractivity contribution in [1.82, 2.24) is 5.43 Å². The Morgan fingerprint density at radius 3 is 2.79 bits per heavy atom. The standard InChI is InChI=1S/C13H14N4O.ClH/c14-13(15)17-16-8-7-10-6-5-9-3-1-2-4-11(9)12(10)18;/h1-6,8,18H,7H2,(H4,14,15,17);1H. The third kappa shape index (κ3) is 3.59. The molecule has 5 nitrogen and oxygen atoms in total. The van der Waals surface area contributed by atoms with E-state index in [1.54, 1.807) is 6.21 Å². The number of hydrogen-bond donors (Lipinski definition) is 4. The zero-order chi connectivity index (χ0) is 13.0. The second-order valence-corrected chi connectivity index (χ2v) is 3.84. The number of benzene rings is 2. The fourth-order valence-electron chi connectivity index (χ4n) is 1.72. The number of hydrogen-bond acceptors (Lipinski definition) is 3. The van der Waals surface area contributed by atoms with Crippen molar-refractivity contribution in [3.05, 3.63) is 42.0 Å². The van der Waals surface area contributed by atoms with Gasteiger partial charge >= 0.3 is 0 Å². The lowest BCUT2D eigenvalue weighted by Crippen LogP contribution is -2.25. The largest absolute Gasteiger partial charge is 0.507 e. The molecule has 2 aromatic rings. The van der Waals surface area contributed by atoms with Gasteiger partial charge in [0.05, 0.1) is 0 Å². The van der Waals surface area contributed by atoms with Crippen LogP contribution in [0.3, 0.4) is 0 Å². The van der Waals surface area contributed by atoms with Crippen molar-refractivity contribution in [1.29, 1.82) is 5.41 Å². The van der Waals surface area contributed by atoms with Gasteiger partial charge in [0.15, 0.2) is 0 Å². The molecule has 100 valence electrons. The fourth-order valence-corrected chi connectivity index (χ4v) is 1.72. The van der Waals surface area contributed by atoms with Gasteiger partial charge in [-0.1, -0.05) is 36.4 Å². The summed E-state index contributed by atoms with van der Waals surface area (Å²) in [5, 5.41) is 22.6. The third-order valence-corrected chi connectivity index (χ3v) is 2.57. The van der Waals surface area contributed by atoms with E-state index >= 15 is 0 Å². The lowest BCUT2D eigenvalue weighted by Gasteiger charge is -2.05. The molecule has 0 radical (unpaired) electrons. The van der Waals surface area contributed by atoms with E-state index in [-0.39, 0.29) is 24.1 Å². The molecule has 2 aromatic carbocycles. The van der Waals surface area contributed by atoms with Crippen LogP contribution in [0.4, 0.5) is 0 Å². The monoisotopic (exact) mass is 278 g/mol. The Morgan fingerprint density at radius 2 is 2.05 bits per heavy atom. The minimum absolute atomic E-state index is 0. The van der Waals surface area contributed by atoms with Gasteiger partial charge in [0.1, 0.15) is 5.75 Å². The number of hydrazone groups is 1. The molecule has 0 saturated heterocycles. The topological polar surface area (TPSA) is 94.5 Å². The van der Waals surface area contributed by atoms with E-state index in [1.807, 2.05) is 36.4 Å². The number of phenolic OH excluding ortho intramolecular Hbond substituents is 1. The van der Waals surface area contributed by atoms with Gasteiger partial charge < -0.3 is 10.8 Å². The van der Waals surface area contributed by atoms with E-state index in [0.29, 0.717) is 6.42 Å². The van der Waals surface area contributed by atoms with Crippen LogP contribution in [-0.2, 0) is 6.42 Å². The predicted octanol–water partition coefficient (Wildman–Crippen LogP) is 1.98. The van der Waals surface area contributed by atoms with Crippen LogP contribution in [0.15, 0.2) is 41.5 Å². The summed E-state index contributed by atoms with van der Waals surface area (Å²) in [6.07, 6.45) is 2.03. The maximum absolute atomic E-state index is 10.1. The normalized spacial score (nSPS) is 10.3. The van der Waals surface area contributed by atoms with E-state index < -0.39 is 0 Å². The summed E-state index contributed by atoms with van der Waals surface area (Å²) in [5.41, 5.74) is 8.19. The first-order chi connectivity index (χ1) is 8.68. The second kappa shape index (κ2) is 6.61. The van der Waals surface area contributed by atoms with E-state index in [0.717, 1.165) is 16.3 Å². The lowest BCUT2D eigenvalue weighted by molar-refractivity contribution is 0.476. The molecular weight excluding hydrogens is 264 g/mol. The number of guanidine groups is 1. The van der Waals surface area contributed by atoms with Gasteiger partial charge in [-0.05, 0) is 10.9 Å². The van der Waals surface area contributed by atoms with Crippen molar-refractivity contribution in [3.63, 3.8) is 0 Å². The van der Waals surface area contributed by atoms with E-state index in [4.69, 9.17) is 11.1 Å². The minimum Gasteiger partial charge on any atom is -0.507 e. The zero-order valence-corrected chi connectivity index (χ0v) is 10.9. The van der Waals surface area contributed by atoms with Crippen molar-refractivity contribution >= 4 is 35.4 Å². The van der Waals surface area contributed by atoms with Crippen molar-refractivity contribution in [2.24, 2.45) is 10.8 Å². The molecule has 2 rings (SSSR count). The summed E-state index contributed by atoms with van der Waals surface area (Å²) in [6.45, 7) is 0. The number of nitrogens with two attached hydrogens (primary N) is 1. The number of rotatable bonds is 3. The third-order valence-electron chi connectivity index (χ3n) is 2.57. The lowest BCUT2D eigenvalue weighted by atomic mass is 10.0. The summed E-state index contributed by atoms with van der Waals surface area (Å²) in [6, 6.07) is 11.5. The molecule has 6 heteroatoms. The first-order valence-corrected chi connectivity index (χ1v) is 5.49. The predicted molar refractivity (Wildman–Crippen MR) is 80.1 cm³/mol. The highest BCUT2D eigenvalue weighted by Gasteiger charge is 2.04. The smallest absolute Gasteiger partial charge is 0.206 e. The SMILES string of the molecule is Cl.N=C(N)NN=CCc1ccc2ccccc2c1O. The number of halogens is 1. The molecule has 0 atom stereocenters. The number of phenols is 1. The molecule has 0 saturated carbocycles. The molecule has 0 unspecified atom stereocenters. The zero-order valence-electron chi connectivity index (χ0n) is 10.1. The quantitative estimate of drug-likeness (QED) is 0.393. The fraction of sp³-hybridized carbons (Fsp3) is 0.0769. The van der Waals surface area contributed by atoms with Crippen LogP contribution >= 0.6 is 12.4 Å². The average molecular weight is 279 g/mol. The van der Waals surface area contributed by atoms with Crippen molar-refractivity contribution < 1.29 is 5.11 Å². The molecule has 0 spiro atoms. The summed E-state index contributed by atoms with van der Waals surface area (Å²) < 4.78 is 0. The number of nitrogens with zero attached hydrogens (tertiary/aromatic N) is 1. The molecule has 0 aromatic heterocycles. The molecule has 0 aliphatic heterocycles. The molecule has 0 amide bonds. The summed E-state index contributed by atoms with van der Waals surface area (Å²) in [4.78, 5) is 0. The van der Waals surface area contributed by atoms with E-state index in [9.17, 15) is 5.11 Å². The van der Waals surface area contributed by atoms with Crippen molar-refractivity contribution in [2.45, 2.75) is 6.42 Å². The Morgan fingerprint density at radius 1 is 1.32 bits per heavy atom. The number of fused-ring (bicyclic) bond motifs is 1. The van der Waals surface area contributed by atoms with Crippen LogP contribution in [0.2, 0.25) is 0 Å². The van der Waals surface area contributed by atoms with Crippen LogP contribution < -0.4 is 11.2 Å². The Bertz CT molecular complexity index is 613. The summed E-state index contributed by atoms with van der Waals surface area (Å²) in [7, 11) is 0. The summed E-state index contributed by atoms with van der Waals surface area (Å²) >= 11 is 0. The Labute approximate surface area is 117 Å². The minimum atomic E-state index is -0.214. The Balaban J connectivity index is 0.00000180. The van der Waals surface area contributed by atoms with Crippen molar-refractivity contribution in [2.75, 3.05) is 0 Å². The maximum Gasteiger partial charge on any atom is 0.206 e. The van der Waals surface area contributed by atoms with Crippen LogP contribution in [0.25, 0.3) is 10.8 Å². The van der Waals surface area contributed by atoms with Gasteiger partial charge in [-0.25, -0.2) is 5.43 Å². The first kappa shape index (κ1) is 14.8. The van der Waals surface area contributed by atoms with Gasteiger partial charge in [0, 0.05) is 18.0 Å². The van der Waals surface area contributed by atoms with Crippen LogP contribution in [0, 0.1) is 5.41 Å². The van der Waals surface area contributed by atoms with Crippen molar-refractivity contribution in [3.8, 4) is 5.75 Å². The molecular formula is C13H15ClN4O. The second-order valence-electron chi connectivity index (χ2n) is 3.84. The highest BCUT2D eigenvalue weighted by molar-refractivity contribution is 5.90.